The zero-order valence-corrected chi connectivity index (χ0v) is 20.5. The number of likely N-dealkylation sites (tertiary alicyclic amines) is 2. The zero-order valence-electron chi connectivity index (χ0n) is 19.6. The van der Waals surface area contributed by atoms with Gasteiger partial charge in [0.25, 0.3) is 0 Å². The molecule has 0 radical (unpaired) electrons. The van der Waals surface area contributed by atoms with Crippen molar-refractivity contribution in [2.75, 3.05) is 31.6 Å². The average molecular weight is 500 g/mol. The highest BCUT2D eigenvalue weighted by molar-refractivity contribution is 7.98. The Morgan fingerprint density at radius 1 is 1.06 bits per heavy atom. The summed E-state index contributed by atoms with van der Waals surface area (Å²) < 4.78 is 0. The fourth-order valence-corrected chi connectivity index (χ4v) is 4.88. The fraction of sp³-hybridized carbons (Fsp3) is 0.762. The van der Waals surface area contributed by atoms with E-state index in [9.17, 15) is 24.3 Å². The Balaban J connectivity index is 2.02. The molecule has 2 saturated heterocycles. The van der Waals surface area contributed by atoms with E-state index in [0.29, 0.717) is 70.3 Å². The second kappa shape index (κ2) is 13.4. The lowest BCUT2D eigenvalue weighted by Crippen LogP contribution is -2.56. The maximum atomic E-state index is 13.1. The van der Waals surface area contributed by atoms with Gasteiger partial charge in [-0.05, 0) is 57.0 Å². The number of aliphatic carboxylic acids is 1. The summed E-state index contributed by atoms with van der Waals surface area (Å²) in [4.78, 5) is 57.4. The van der Waals surface area contributed by atoms with Gasteiger partial charge in [0.2, 0.25) is 17.7 Å². The Bertz CT molecular complexity index is 777. The van der Waals surface area contributed by atoms with Gasteiger partial charge in [-0.25, -0.2) is 4.79 Å². The van der Waals surface area contributed by atoms with Gasteiger partial charge in [0.15, 0.2) is 5.96 Å². The minimum absolute atomic E-state index is 0.0228. The lowest BCUT2D eigenvalue weighted by atomic mass is 10.1. The van der Waals surface area contributed by atoms with Crippen LogP contribution in [0.25, 0.3) is 0 Å². The number of guanidine groups is 1. The van der Waals surface area contributed by atoms with Gasteiger partial charge in [-0.15, -0.1) is 0 Å². The van der Waals surface area contributed by atoms with Crippen LogP contribution in [0.4, 0.5) is 0 Å². The van der Waals surface area contributed by atoms with Gasteiger partial charge >= 0.3 is 5.97 Å². The van der Waals surface area contributed by atoms with Crippen molar-refractivity contribution in [1.29, 1.82) is 0 Å². The predicted molar refractivity (Wildman–Crippen MR) is 130 cm³/mol. The number of carboxylic acids is 1. The monoisotopic (exact) mass is 499 g/mol. The van der Waals surface area contributed by atoms with E-state index in [4.69, 9.17) is 17.2 Å². The van der Waals surface area contributed by atoms with Gasteiger partial charge < -0.3 is 37.4 Å². The molecule has 0 spiro atoms. The summed E-state index contributed by atoms with van der Waals surface area (Å²) in [7, 11) is 0. The first-order chi connectivity index (χ1) is 16.2. The van der Waals surface area contributed by atoms with Crippen molar-refractivity contribution in [2.45, 2.75) is 69.1 Å². The van der Waals surface area contributed by atoms with Gasteiger partial charge in [-0.2, -0.15) is 11.8 Å². The minimum Gasteiger partial charge on any atom is -0.480 e. The van der Waals surface area contributed by atoms with Crippen LogP contribution in [-0.4, -0.2) is 100 Å². The Morgan fingerprint density at radius 2 is 1.68 bits per heavy atom. The quantitative estimate of drug-likeness (QED) is 0.123. The number of hydrogen-bond donors (Lipinski definition) is 5. The smallest absolute Gasteiger partial charge is 0.326 e. The summed E-state index contributed by atoms with van der Waals surface area (Å²) in [5.74, 6) is -1.56. The molecule has 0 aliphatic carbocycles. The molecule has 2 aliphatic heterocycles. The number of thioether (sulfide) groups is 1. The van der Waals surface area contributed by atoms with Crippen molar-refractivity contribution in [2.24, 2.45) is 22.2 Å². The Hall–Kier alpha value is -2.54. The van der Waals surface area contributed by atoms with Crippen molar-refractivity contribution < 1.29 is 24.3 Å². The Kier molecular flexibility index (Phi) is 10.9. The number of nitrogens with two attached hydrogens (primary N) is 3. The maximum Gasteiger partial charge on any atom is 0.326 e. The lowest BCUT2D eigenvalue weighted by Gasteiger charge is -2.30. The van der Waals surface area contributed by atoms with E-state index in [2.05, 4.69) is 10.3 Å². The molecule has 2 rings (SSSR count). The highest BCUT2D eigenvalue weighted by Gasteiger charge is 2.40. The lowest BCUT2D eigenvalue weighted by molar-refractivity contribution is -0.149. The van der Waals surface area contributed by atoms with Crippen LogP contribution in [0, 0.1) is 0 Å². The van der Waals surface area contributed by atoms with E-state index < -0.39 is 36.0 Å². The van der Waals surface area contributed by atoms with Crippen molar-refractivity contribution in [3.8, 4) is 0 Å². The summed E-state index contributed by atoms with van der Waals surface area (Å²) in [6, 6.07) is -3.21. The van der Waals surface area contributed by atoms with Crippen molar-refractivity contribution in [3.05, 3.63) is 0 Å². The molecule has 4 atom stereocenters. The van der Waals surface area contributed by atoms with Crippen LogP contribution in [-0.2, 0) is 19.2 Å². The third-order valence-corrected chi connectivity index (χ3v) is 6.81. The molecular weight excluding hydrogens is 462 g/mol. The molecule has 13 heteroatoms. The number of amides is 3. The van der Waals surface area contributed by atoms with Crippen LogP contribution in [0.3, 0.4) is 0 Å². The number of carboxylic acid groups (broad SMARTS) is 1. The van der Waals surface area contributed by atoms with E-state index >= 15 is 0 Å². The maximum absolute atomic E-state index is 13.1. The second-order valence-electron chi connectivity index (χ2n) is 8.62. The summed E-state index contributed by atoms with van der Waals surface area (Å²) in [5, 5.41) is 12.2. The highest BCUT2D eigenvalue weighted by atomic mass is 32.2. The minimum atomic E-state index is -1.04. The molecule has 34 heavy (non-hydrogen) atoms. The number of hydrogen-bond acceptors (Lipinski definition) is 7. The van der Waals surface area contributed by atoms with Crippen LogP contribution in [0.2, 0.25) is 0 Å². The van der Waals surface area contributed by atoms with E-state index in [-0.39, 0.29) is 17.8 Å². The first kappa shape index (κ1) is 27.7. The number of carbonyl (C=O) groups is 4. The van der Waals surface area contributed by atoms with Gasteiger partial charge in [0, 0.05) is 19.6 Å². The molecule has 2 fully saturated rings. The molecule has 0 aromatic carbocycles. The largest absolute Gasteiger partial charge is 0.480 e. The summed E-state index contributed by atoms with van der Waals surface area (Å²) in [5.41, 5.74) is 16.7. The average Bonchev–Trinajstić information content (AvgIpc) is 3.48. The molecule has 3 amide bonds. The van der Waals surface area contributed by atoms with Crippen LogP contribution in [0.15, 0.2) is 4.99 Å². The van der Waals surface area contributed by atoms with Crippen LogP contribution in [0.1, 0.15) is 44.9 Å². The Morgan fingerprint density at radius 3 is 2.26 bits per heavy atom. The molecule has 4 unspecified atom stereocenters. The summed E-state index contributed by atoms with van der Waals surface area (Å²) in [6.07, 6.45) is 5.31. The third kappa shape index (κ3) is 7.49. The van der Waals surface area contributed by atoms with Crippen molar-refractivity contribution in [3.63, 3.8) is 0 Å². The van der Waals surface area contributed by atoms with E-state index in [1.54, 1.807) is 0 Å². The normalized spacial score (nSPS) is 21.7. The molecule has 2 heterocycles. The molecule has 192 valence electrons. The molecule has 12 nitrogen and oxygen atoms in total. The first-order valence-corrected chi connectivity index (χ1v) is 13.0. The summed E-state index contributed by atoms with van der Waals surface area (Å²) in [6.45, 7) is 1.12. The van der Waals surface area contributed by atoms with E-state index in [0.717, 1.165) is 0 Å². The summed E-state index contributed by atoms with van der Waals surface area (Å²) >= 11 is 1.53. The van der Waals surface area contributed by atoms with Crippen LogP contribution >= 0.6 is 11.8 Å². The predicted octanol–water partition coefficient (Wildman–Crippen LogP) is -1.33. The first-order valence-electron chi connectivity index (χ1n) is 11.6. The Labute approximate surface area is 204 Å². The number of nitrogens with zero attached hydrogens (tertiary/aromatic N) is 3. The van der Waals surface area contributed by atoms with Gasteiger partial charge in [-0.1, -0.05) is 0 Å². The topological polar surface area (TPSA) is 197 Å². The molecule has 0 saturated carbocycles. The van der Waals surface area contributed by atoms with Crippen LogP contribution < -0.4 is 22.5 Å². The van der Waals surface area contributed by atoms with E-state index in [1.807, 2.05) is 6.26 Å². The highest BCUT2D eigenvalue weighted by Crippen LogP contribution is 2.22. The van der Waals surface area contributed by atoms with Crippen LogP contribution in [0.5, 0.6) is 0 Å². The molecule has 0 aromatic heterocycles. The number of rotatable bonds is 12. The molecule has 0 bridgehead atoms. The zero-order chi connectivity index (χ0) is 25.3. The standard InChI is InChI=1S/C21H37N7O5S/c1-34-12-8-14(19(31)28-11-4-7-16(28)20(32)33)26-17(29)15-6-3-10-27(15)18(30)13(22)5-2-9-25-21(23)24/h13-16H,2-12,22H2,1H3,(H,26,29)(H,32,33)(H4,23,24,25). The van der Waals surface area contributed by atoms with Gasteiger partial charge in [-0.3, -0.25) is 19.4 Å². The molecular formula is C21H37N7O5S. The molecule has 0 aromatic rings. The molecule has 8 N–H and O–H groups in total. The number of nitrogens with one attached hydrogen (secondary N) is 1. The van der Waals surface area contributed by atoms with Gasteiger partial charge in [0.05, 0.1) is 6.04 Å². The molecule has 2 aliphatic rings. The SMILES string of the molecule is CSCCC(NC(=O)C1CCCN1C(=O)C(N)CCCN=C(N)N)C(=O)N1CCCC1C(=O)O. The second-order valence-corrected chi connectivity index (χ2v) is 9.60. The van der Waals surface area contributed by atoms with Crippen molar-refractivity contribution in [1.82, 2.24) is 15.1 Å². The van der Waals surface area contributed by atoms with Gasteiger partial charge in [0.1, 0.15) is 18.1 Å². The number of aliphatic imine (C=N–C) groups is 1. The number of carbonyl (C=O) groups excluding carboxylic acids is 3. The third-order valence-electron chi connectivity index (χ3n) is 6.17. The fourth-order valence-electron chi connectivity index (χ4n) is 4.41. The van der Waals surface area contributed by atoms with E-state index in [1.165, 1.54) is 21.6 Å². The van der Waals surface area contributed by atoms with Crippen molar-refractivity contribution >= 4 is 41.4 Å².